The summed E-state index contributed by atoms with van der Waals surface area (Å²) in [6.07, 6.45) is 8.20. The maximum atomic E-state index is 13.1. The van der Waals surface area contributed by atoms with Gasteiger partial charge in [-0.05, 0) is 49.9 Å². The average molecular weight is 481 g/mol. The van der Waals surface area contributed by atoms with Crippen LogP contribution in [0.15, 0.2) is 48.5 Å². The molecule has 1 aliphatic heterocycles. The minimum absolute atomic E-state index is 0.139. The fourth-order valence-electron chi connectivity index (χ4n) is 4.58. The van der Waals surface area contributed by atoms with Crippen molar-refractivity contribution >= 4 is 34.4 Å². The molecule has 6 nitrogen and oxygen atoms in total. The maximum Gasteiger partial charge on any atom is 0.252 e. The highest BCUT2D eigenvalue weighted by Gasteiger charge is 2.19. The molecule has 4 rings (SSSR count). The predicted molar refractivity (Wildman–Crippen MR) is 136 cm³/mol. The lowest BCUT2D eigenvalue weighted by Gasteiger charge is -2.21. The van der Waals surface area contributed by atoms with Gasteiger partial charge in [0.2, 0.25) is 5.91 Å². The van der Waals surface area contributed by atoms with Gasteiger partial charge in [-0.25, -0.2) is 4.98 Å². The van der Waals surface area contributed by atoms with Crippen molar-refractivity contribution in [2.75, 3.05) is 19.6 Å². The van der Waals surface area contributed by atoms with E-state index >= 15 is 0 Å². The average Bonchev–Trinajstić information content (AvgIpc) is 3.00. The number of unbranched alkanes of at least 4 members (excludes halogenated alkanes) is 2. The summed E-state index contributed by atoms with van der Waals surface area (Å²) in [6, 6.07) is 15.1. The summed E-state index contributed by atoms with van der Waals surface area (Å²) in [5.41, 5.74) is 2.47. The zero-order valence-electron chi connectivity index (χ0n) is 19.6. The molecule has 1 aromatic heterocycles. The zero-order chi connectivity index (χ0) is 23.8. The molecule has 34 heavy (non-hydrogen) atoms. The lowest BCUT2D eigenvalue weighted by Crippen LogP contribution is -2.34. The van der Waals surface area contributed by atoms with Crippen molar-refractivity contribution in [3.8, 4) is 0 Å². The highest BCUT2D eigenvalue weighted by molar-refractivity contribution is 6.33. The van der Waals surface area contributed by atoms with Gasteiger partial charge in [-0.1, -0.05) is 55.1 Å². The van der Waals surface area contributed by atoms with Crippen LogP contribution in [0.3, 0.4) is 0 Å². The van der Waals surface area contributed by atoms with E-state index in [9.17, 15) is 9.59 Å². The summed E-state index contributed by atoms with van der Waals surface area (Å²) in [5, 5.41) is 3.41. The van der Waals surface area contributed by atoms with Crippen molar-refractivity contribution in [2.24, 2.45) is 0 Å². The molecule has 1 saturated heterocycles. The Morgan fingerprint density at radius 1 is 0.912 bits per heavy atom. The molecule has 2 aromatic carbocycles. The first kappa shape index (κ1) is 24.3. The molecule has 0 radical (unpaired) electrons. The second kappa shape index (κ2) is 12.0. The van der Waals surface area contributed by atoms with Gasteiger partial charge in [-0.3, -0.25) is 9.59 Å². The summed E-state index contributed by atoms with van der Waals surface area (Å²) in [4.78, 5) is 32.2. The number of benzene rings is 2. The third-order valence-corrected chi connectivity index (χ3v) is 6.80. The molecule has 1 N–H and O–H groups in total. The third-order valence-electron chi connectivity index (χ3n) is 6.47. The molecular formula is C27H33ClN4O2. The minimum atomic E-state index is -0.139. The van der Waals surface area contributed by atoms with Gasteiger partial charge in [-0.15, -0.1) is 0 Å². The quantitative estimate of drug-likeness (QED) is 0.426. The number of carbonyl (C=O) groups is 2. The van der Waals surface area contributed by atoms with Gasteiger partial charge in [0, 0.05) is 26.1 Å². The number of halogens is 1. The summed E-state index contributed by atoms with van der Waals surface area (Å²) < 4.78 is 2.10. The number of para-hydroxylation sites is 2. The number of carbonyl (C=O) groups excluding carboxylic acids is 2. The largest absolute Gasteiger partial charge is 0.352 e. The van der Waals surface area contributed by atoms with Gasteiger partial charge in [-0.2, -0.15) is 0 Å². The Morgan fingerprint density at radius 3 is 2.44 bits per heavy atom. The van der Waals surface area contributed by atoms with E-state index in [0.29, 0.717) is 23.7 Å². The molecule has 0 spiro atoms. The molecule has 1 fully saturated rings. The van der Waals surface area contributed by atoms with E-state index in [1.165, 1.54) is 12.8 Å². The van der Waals surface area contributed by atoms with Crippen LogP contribution in [0.2, 0.25) is 5.02 Å². The van der Waals surface area contributed by atoms with Crippen molar-refractivity contribution in [1.82, 2.24) is 19.8 Å². The Kier molecular flexibility index (Phi) is 8.58. The number of imidazole rings is 1. The number of likely N-dealkylation sites (tertiary alicyclic amines) is 1. The molecule has 0 atom stereocenters. The second-order valence-electron chi connectivity index (χ2n) is 8.94. The number of nitrogens with zero attached hydrogens (tertiary/aromatic N) is 3. The first-order valence-electron chi connectivity index (χ1n) is 12.4. The van der Waals surface area contributed by atoms with Gasteiger partial charge in [0.15, 0.2) is 0 Å². The third kappa shape index (κ3) is 6.17. The van der Waals surface area contributed by atoms with Crippen LogP contribution in [0.1, 0.15) is 61.1 Å². The van der Waals surface area contributed by atoms with Crippen LogP contribution in [0.25, 0.3) is 11.0 Å². The van der Waals surface area contributed by atoms with Gasteiger partial charge in [0.05, 0.1) is 21.6 Å². The van der Waals surface area contributed by atoms with Gasteiger partial charge in [0.25, 0.3) is 5.91 Å². The standard InChI is InChI=1S/C27H33ClN4O2/c28-22-13-6-5-12-21(22)27(34)29-17-9-3-4-16-25-30-23-14-7-8-15-24(23)32(25)20-26(33)31-18-10-1-2-11-19-31/h5-8,12-15H,1-4,9-11,16-20H2,(H,29,34). The monoisotopic (exact) mass is 480 g/mol. The van der Waals surface area contributed by atoms with Crippen LogP contribution in [0.5, 0.6) is 0 Å². The molecule has 0 unspecified atom stereocenters. The van der Waals surface area contributed by atoms with E-state index in [1.54, 1.807) is 12.1 Å². The van der Waals surface area contributed by atoms with Gasteiger partial charge < -0.3 is 14.8 Å². The molecule has 2 heterocycles. The molecular weight excluding hydrogens is 448 g/mol. The highest BCUT2D eigenvalue weighted by atomic mass is 35.5. The van der Waals surface area contributed by atoms with E-state index in [1.807, 2.05) is 41.3 Å². The Bertz CT molecular complexity index is 1120. The number of nitrogens with one attached hydrogen (secondary N) is 1. The fourth-order valence-corrected chi connectivity index (χ4v) is 4.80. The van der Waals surface area contributed by atoms with Crippen LogP contribution < -0.4 is 5.32 Å². The molecule has 0 aliphatic carbocycles. The number of amides is 2. The van der Waals surface area contributed by atoms with Crippen LogP contribution >= 0.6 is 11.6 Å². The van der Waals surface area contributed by atoms with E-state index in [2.05, 4.69) is 9.88 Å². The summed E-state index contributed by atoms with van der Waals surface area (Å²) in [5.74, 6) is 1.01. The van der Waals surface area contributed by atoms with Crippen molar-refractivity contribution in [3.63, 3.8) is 0 Å². The fraction of sp³-hybridized carbons (Fsp3) is 0.444. The van der Waals surface area contributed by atoms with Crippen LogP contribution in [0, 0.1) is 0 Å². The van der Waals surface area contributed by atoms with E-state index in [0.717, 1.165) is 68.5 Å². The molecule has 7 heteroatoms. The number of fused-ring (bicyclic) bond motifs is 1. The molecule has 0 saturated carbocycles. The van der Waals surface area contributed by atoms with Crippen LogP contribution in [-0.2, 0) is 17.8 Å². The molecule has 1 aliphatic rings. The molecule has 3 aromatic rings. The van der Waals surface area contributed by atoms with Gasteiger partial charge in [0.1, 0.15) is 12.4 Å². The van der Waals surface area contributed by atoms with Crippen molar-refractivity contribution in [1.29, 1.82) is 0 Å². The highest BCUT2D eigenvalue weighted by Crippen LogP contribution is 2.19. The number of aryl methyl sites for hydroxylation is 1. The van der Waals surface area contributed by atoms with Crippen molar-refractivity contribution in [2.45, 2.75) is 57.9 Å². The van der Waals surface area contributed by atoms with E-state index in [4.69, 9.17) is 16.6 Å². The molecule has 2 amide bonds. The van der Waals surface area contributed by atoms with Crippen LogP contribution in [-0.4, -0.2) is 45.9 Å². The minimum Gasteiger partial charge on any atom is -0.352 e. The zero-order valence-corrected chi connectivity index (χ0v) is 20.4. The number of aromatic nitrogens is 2. The number of rotatable bonds is 9. The smallest absolute Gasteiger partial charge is 0.252 e. The lowest BCUT2D eigenvalue weighted by atomic mass is 10.1. The Labute approximate surface area is 206 Å². The first-order valence-corrected chi connectivity index (χ1v) is 12.8. The Hall–Kier alpha value is -2.86. The molecule has 0 bridgehead atoms. The van der Waals surface area contributed by atoms with Crippen molar-refractivity contribution in [3.05, 3.63) is 64.9 Å². The SMILES string of the molecule is O=C(NCCCCCc1nc2ccccc2n1CC(=O)N1CCCCCC1)c1ccccc1Cl. The predicted octanol–water partition coefficient (Wildman–Crippen LogP) is 5.24. The number of hydrogen-bond donors (Lipinski definition) is 1. The molecule has 180 valence electrons. The Morgan fingerprint density at radius 2 is 1.65 bits per heavy atom. The first-order chi connectivity index (χ1) is 16.6. The van der Waals surface area contributed by atoms with Gasteiger partial charge >= 0.3 is 0 Å². The summed E-state index contributed by atoms with van der Waals surface area (Å²) in [7, 11) is 0. The summed E-state index contributed by atoms with van der Waals surface area (Å²) in [6.45, 7) is 2.68. The second-order valence-corrected chi connectivity index (χ2v) is 9.35. The Balaban J connectivity index is 1.31. The lowest BCUT2D eigenvalue weighted by molar-refractivity contribution is -0.131. The maximum absolute atomic E-state index is 13.1. The topological polar surface area (TPSA) is 67.2 Å². The number of hydrogen-bond acceptors (Lipinski definition) is 3. The normalized spacial score (nSPS) is 14.2. The summed E-state index contributed by atoms with van der Waals surface area (Å²) >= 11 is 6.09. The van der Waals surface area contributed by atoms with E-state index in [-0.39, 0.29) is 11.8 Å². The van der Waals surface area contributed by atoms with E-state index < -0.39 is 0 Å². The van der Waals surface area contributed by atoms with Crippen LogP contribution in [0.4, 0.5) is 0 Å². The van der Waals surface area contributed by atoms with Crippen molar-refractivity contribution < 1.29 is 9.59 Å².